The molecule has 1 fully saturated rings. The molecular weight excluding hydrogens is 333 g/mol. The van der Waals surface area contributed by atoms with Gasteiger partial charge in [-0.3, -0.25) is 0 Å². The Bertz CT molecular complexity index is 430. The normalized spacial score (nSPS) is 15.8. The van der Waals surface area contributed by atoms with Gasteiger partial charge in [-0.25, -0.2) is 8.78 Å². The van der Waals surface area contributed by atoms with Crippen LogP contribution in [0.1, 0.15) is 25.7 Å². The highest BCUT2D eigenvalue weighted by Gasteiger charge is 2.14. The number of unbranched alkanes of at least 4 members (excludes halogenated alkanes) is 1. The van der Waals surface area contributed by atoms with Crippen LogP contribution in [-0.2, 0) is 0 Å². The predicted molar refractivity (Wildman–Crippen MR) is 89.2 cm³/mol. The second kappa shape index (κ2) is 11.0. The third-order valence-corrected chi connectivity index (χ3v) is 3.66. The summed E-state index contributed by atoms with van der Waals surface area (Å²) in [6.07, 6.45) is 4.09. The molecule has 0 saturated carbocycles. The highest BCUT2D eigenvalue weighted by Crippen LogP contribution is 2.16. The van der Waals surface area contributed by atoms with E-state index >= 15 is 0 Å². The molecule has 1 saturated heterocycles. The van der Waals surface area contributed by atoms with Gasteiger partial charge in [0, 0.05) is 12.1 Å². The van der Waals surface area contributed by atoms with E-state index in [1.165, 1.54) is 6.07 Å². The quantitative estimate of drug-likeness (QED) is 0.794. The first-order valence-electron chi connectivity index (χ1n) is 7.21. The molecule has 2 N–H and O–H groups in total. The Morgan fingerprint density at radius 2 is 1.77 bits per heavy atom. The van der Waals surface area contributed by atoms with Crippen LogP contribution in [0.25, 0.3) is 0 Å². The van der Waals surface area contributed by atoms with Crippen molar-refractivity contribution in [2.45, 2.75) is 31.7 Å². The van der Waals surface area contributed by atoms with Crippen molar-refractivity contribution in [1.82, 2.24) is 4.90 Å². The molecule has 1 aliphatic rings. The molecule has 0 radical (unpaired) electrons. The van der Waals surface area contributed by atoms with Gasteiger partial charge in [-0.05, 0) is 57.5 Å². The van der Waals surface area contributed by atoms with E-state index in [2.05, 4.69) is 4.90 Å². The van der Waals surface area contributed by atoms with Gasteiger partial charge in [0.25, 0.3) is 0 Å². The van der Waals surface area contributed by atoms with Crippen LogP contribution in [0.2, 0.25) is 0 Å². The van der Waals surface area contributed by atoms with Crippen molar-refractivity contribution >= 4 is 24.8 Å². The number of hydrogen-bond donors (Lipinski definition) is 1. The fraction of sp³-hybridized carbons (Fsp3) is 0.600. The van der Waals surface area contributed by atoms with Crippen LogP contribution in [0.3, 0.4) is 0 Å². The first-order valence-corrected chi connectivity index (χ1v) is 7.21. The molecule has 0 aliphatic carbocycles. The van der Waals surface area contributed by atoms with Gasteiger partial charge in [0.2, 0.25) is 0 Å². The fourth-order valence-electron chi connectivity index (χ4n) is 2.37. The molecule has 1 heterocycles. The number of benzene rings is 1. The summed E-state index contributed by atoms with van der Waals surface area (Å²) in [6.45, 7) is 3.72. The van der Waals surface area contributed by atoms with Crippen LogP contribution < -0.4 is 10.5 Å². The molecule has 0 aromatic heterocycles. The van der Waals surface area contributed by atoms with E-state index in [1.54, 1.807) is 0 Å². The molecule has 0 spiro atoms. The molecule has 3 nitrogen and oxygen atoms in total. The van der Waals surface area contributed by atoms with Crippen molar-refractivity contribution in [1.29, 1.82) is 0 Å². The molecule has 1 aromatic rings. The van der Waals surface area contributed by atoms with Crippen LogP contribution in [-0.4, -0.2) is 37.2 Å². The molecule has 0 amide bonds. The predicted octanol–water partition coefficient (Wildman–Crippen LogP) is 3.39. The molecule has 1 aromatic carbocycles. The van der Waals surface area contributed by atoms with E-state index < -0.39 is 11.6 Å². The molecule has 7 heteroatoms. The Labute approximate surface area is 143 Å². The highest BCUT2D eigenvalue weighted by atomic mass is 35.5. The van der Waals surface area contributed by atoms with Gasteiger partial charge in [-0.15, -0.1) is 24.8 Å². The monoisotopic (exact) mass is 356 g/mol. The minimum atomic E-state index is -0.868. The zero-order chi connectivity index (χ0) is 14.4. The standard InChI is InChI=1S/C15H22F2N2O.2ClH/c16-14-4-3-13(11-15(14)17)20-10-2-1-7-19-8-5-12(18)6-9-19;;/h3-4,11-12H,1-2,5-10,18H2;2*1H. The van der Waals surface area contributed by atoms with Crippen molar-refractivity contribution in [3.63, 3.8) is 0 Å². The van der Waals surface area contributed by atoms with E-state index in [0.29, 0.717) is 18.4 Å². The summed E-state index contributed by atoms with van der Waals surface area (Å²) in [4.78, 5) is 2.42. The van der Waals surface area contributed by atoms with Crippen LogP contribution in [0.15, 0.2) is 18.2 Å². The lowest BCUT2D eigenvalue weighted by molar-refractivity contribution is 0.203. The van der Waals surface area contributed by atoms with E-state index in [-0.39, 0.29) is 24.8 Å². The molecule has 0 bridgehead atoms. The van der Waals surface area contributed by atoms with Gasteiger partial charge >= 0.3 is 0 Å². The van der Waals surface area contributed by atoms with E-state index in [0.717, 1.165) is 57.5 Å². The van der Waals surface area contributed by atoms with Gasteiger partial charge in [0.1, 0.15) is 5.75 Å². The molecule has 1 aliphatic heterocycles. The second-order valence-corrected chi connectivity index (χ2v) is 5.31. The minimum absolute atomic E-state index is 0. The van der Waals surface area contributed by atoms with Crippen LogP contribution in [0, 0.1) is 11.6 Å². The summed E-state index contributed by atoms with van der Waals surface area (Å²) < 4.78 is 31.1. The van der Waals surface area contributed by atoms with E-state index in [1.807, 2.05) is 0 Å². The molecule has 2 rings (SSSR count). The zero-order valence-electron chi connectivity index (χ0n) is 12.5. The zero-order valence-corrected chi connectivity index (χ0v) is 14.1. The number of piperidine rings is 1. The number of halogens is 4. The molecule has 128 valence electrons. The highest BCUT2D eigenvalue weighted by molar-refractivity contribution is 5.85. The van der Waals surface area contributed by atoms with Gasteiger partial charge in [0.05, 0.1) is 6.61 Å². The maximum Gasteiger partial charge on any atom is 0.162 e. The van der Waals surface area contributed by atoms with Gasteiger partial charge < -0.3 is 15.4 Å². The lowest BCUT2D eigenvalue weighted by Gasteiger charge is -2.29. The lowest BCUT2D eigenvalue weighted by atomic mass is 10.1. The molecule has 0 unspecified atom stereocenters. The Balaban J connectivity index is 0.00000220. The molecule has 22 heavy (non-hydrogen) atoms. The maximum absolute atomic E-state index is 13.0. The number of likely N-dealkylation sites (tertiary alicyclic amines) is 1. The SMILES string of the molecule is Cl.Cl.NC1CCN(CCCCOc2ccc(F)c(F)c2)CC1. The van der Waals surface area contributed by atoms with Gasteiger partial charge in [0.15, 0.2) is 11.6 Å². The topological polar surface area (TPSA) is 38.5 Å². The fourth-order valence-corrected chi connectivity index (χ4v) is 2.37. The Morgan fingerprint density at radius 3 is 2.41 bits per heavy atom. The van der Waals surface area contributed by atoms with E-state index in [9.17, 15) is 8.78 Å². The lowest BCUT2D eigenvalue weighted by Crippen LogP contribution is -2.40. The first-order chi connectivity index (χ1) is 9.65. The van der Waals surface area contributed by atoms with Crippen molar-refractivity contribution in [3.8, 4) is 5.75 Å². The third-order valence-electron chi connectivity index (χ3n) is 3.66. The molecular formula is C15H24Cl2F2N2O. The van der Waals surface area contributed by atoms with Crippen molar-refractivity contribution in [3.05, 3.63) is 29.8 Å². The summed E-state index contributed by atoms with van der Waals surface area (Å²) in [6, 6.07) is 3.98. The summed E-state index contributed by atoms with van der Waals surface area (Å²) in [5, 5.41) is 0. The number of nitrogens with two attached hydrogens (primary N) is 1. The van der Waals surface area contributed by atoms with Crippen LogP contribution in [0.4, 0.5) is 8.78 Å². The third kappa shape index (κ3) is 7.09. The minimum Gasteiger partial charge on any atom is -0.493 e. The Morgan fingerprint density at radius 1 is 1.09 bits per heavy atom. The summed E-state index contributed by atoms with van der Waals surface area (Å²) in [5.41, 5.74) is 5.86. The summed E-state index contributed by atoms with van der Waals surface area (Å²) in [7, 11) is 0. The number of ether oxygens (including phenoxy) is 1. The van der Waals surface area contributed by atoms with Crippen molar-refractivity contribution < 1.29 is 13.5 Å². The average Bonchev–Trinajstić information content (AvgIpc) is 2.44. The maximum atomic E-state index is 13.0. The van der Waals surface area contributed by atoms with Gasteiger partial charge in [-0.2, -0.15) is 0 Å². The van der Waals surface area contributed by atoms with Crippen LogP contribution in [0.5, 0.6) is 5.75 Å². The van der Waals surface area contributed by atoms with Crippen LogP contribution >= 0.6 is 24.8 Å². The first kappa shape index (κ1) is 21.4. The summed E-state index contributed by atoms with van der Waals surface area (Å²) >= 11 is 0. The van der Waals surface area contributed by atoms with Crippen molar-refractivity contribution in [2.24, 2.45) is 5.73 Å². The number of nitrogens with zero attached hydrogens (tertiary/aromatic N) is 1. The van der Waals surface area contributed by atoms with E-state index in [4.69, 9.17) is 10.5 Å². The number of rotatable bonds is 6. The largest absolute Gasteiger partial charge is 0.493 e. The second-order valence-electron chi connectivity index (χ2n) is 5.31. The van der Waals surface area contributed by atoms with Crippen molar-refractivity contribution in [2.75, 3.05) is 26.2 Å². The average molecular weight is 357 g/mol. The molecule has 0 atom stereocenters. The smallest absolute Gasteiger partial charge is 0.162 e. The summed E-state index contributed by atoms with van der Waals surface area (Å²) in [5.74, 6) is -1.33. The Kier molecular flexibility index (Phi) is 10.7. The van der Waals surface area contributed by atoms with Gasteiger partial charge in [-0.1, -0.05) is 0 Å². The number of hydrogen-bond acceptors (Lipinski definition) is 3. The Hall–Kier alpha value is -0.620.